The lowest BCUT2D eigenvalue weighted by Crippen LogP contribution is -2.32. The minimum Gasteiger partial charge on any atom is -0.480 e. The van der Waals surface area contributed by atoms with E-state index in [0.29, 0.717) is 23.0 Å². The number of carbonyl (C=O) groups is 1. The maximum Gasteiger partial charge on any atom is 0.265 e. The topological polar surface area (TPSA) is 51.2 Å². The molecule has 5 heteroatoms. The number of pyridine rings is 1. The van der Waals surface area contributed by atoms with Crippen molar-refractivity contribution >= 4 is 23.2 Å². The first-order valence-corrected chi connectivity index (χ1v) is 8.06. The van der Waals surface area contributed by atoms with Gasteiger partial charge in [-0.05, 0) is 30.0 Å². The average molecular weight is 333 g/mol. The zero-order valence-corrected chi connectivity index (χ0v) is 14.3. The fourth-order valence-electron chi connectivity index (χ4n) is 2.22. The number of para-hydroxylation sites is 1. The summed E-state index contributed by atoms with van der Waals surface area (Å²) in [6, 6.07) is 9.42. The number of halogens is 1. The molecule has 2 aromatic rings. The first-order chi connectivity index (χ1) is 11.0. The van der Waals surface area contributed by atoms with Crippen molar-refractivity contribution in [1.82, 2.24) is 4.98 Å². The lowest BCUT2D eigenvalue weighted by atomic mass is 10.0. The summed E-state index contributed by atoms with van der Waals surface area (Å²) in [5.41, 5.74) is 1.57. The van der Waals surface area contributed by atoms with E-state index in [2.05, 4.69) is 24.1 Å². The number of nitrogens with zero attached hydrogens (tertiary/aromatic N) is 1. The van der Waals surface area contributed by atoms with Gasteiger partial charge in [-0.1, -0.05) is 50.6 Å². The van der Waals surface area contributed by atoms with Crippen LogP contribution < -0.4 is 10.1 Å². The summed E-state index contributed by atoms with van der Waals surface area (Å²) < 4.78 is 5.95. The Kier molecular flexibility index (Phi) is 5.99. The third-order valence-electron chi connectivity index (χ3n) is 3.50. The molecule has 0 unspecified atom stereocenters. The lowest BCUT2D eigenvalue weighted by molar-refractivity contribution is -0.122. The van der Waals surface area contributed by atoms with Gasteiger partial charge in [0.1, 0.15) is 5.75 Å². The summed E-state index contributed by atoms with van der Waals surface area (Å²) in [6.45, 7) is 6.10. The second-order valence-corrected chi connectivity index (χ2v) is 5.96. The highest BCUT2D eigenvalue weighted by Gasteiger charge is 2.21. The Morgan fingerprint density at radius 3 is 2.70 bits per heavy atom. The normalized spacial score (nSPS) is 12.0. The molecule has 23 heavy (non-hydrogen) atoms. The average Bonchev–Trinajstić information content (AvgIpc) is 2.54. The van der Waals surface area contributed by atoms with Crippen molar-refractivity contribution in [2.24, 2.45) is 0 Å². The van der Waals surface area contributed by atoms with Crippen LogP contribution in [0.2, 0.25) is 5.02 Å². The first kappa shape index (κ1) is 17.3. The molecule has 122 valence electrons. The standard InChI is InChI=1S/C18H21ClN2O2/c1-4-16(18(22)21-15-11-20-10-9-14(15)19)23-17-8-6-5-7-13(17)12(2)3/h5-12,16H,4H2,1-3H3,(H,21,22)/t16-/m1/s1. The van der Waals surface area contributed by atoms with Gasteiger partial charge in [0.15, 0.2) is 6.10 Å². The fourth-order valence-corrected chi connectivity index (χ4v) is 2.38. The third kappa shape index (κ3) is 4.45. The number of aromatic nitrogens is 1. The van der Waals surface area contributed by atoms with Crippen molar-refractivity contribution in [1.29, 1.82) is 0 Å². The molecule has 0 aliphatic rings. The molecule has 0 radical (unpaired) electrons. The van der Waals surface area contributed by atoms with Gasteiger partial charge in [0.05, 0.1) is 16.9 Å². The van der Waals surface area contributed by atoms with Gasteiger partial charge in [-0.25, -0.2) is 0 Å². The first-order valence-electron chi connectivity index (χ1n) is 7.68. The van der Waals surface area contributed by atoms with Crippen LogP contribution in [-0.4, -0.2) is 17.0 Å². The Morgan fingerprint density at radius 1 is 1.30 bits per heavy atom. The minimum atomic E-state index is -0.592. The molecule has 0 saturated heterocycles. The van der Waals surface area contributed by atoms with E-state index in [1.165, 1.54) is 6.20 Å². The van der Waals surface area contributed by atoms with Gasteiger partial charge in [0.25, 0.3) is 5.91 Å². The SMILES string of the molecule is CC[C@@H](Oc1ccccc1C(C)C)C(=O)Nc1cnccc1Cl. The summed E-state index contributed by atoms with van der Waals surface area (Å²) in [6.07, 6.45) is 3.06. The van der Waals surface area contributed by atoms with Crippen LogP contribution in [0.15, 0.2) is 42.7 Å². The van der Waals surface area contributed by atoms with Crippen LogP contribution >= 0.6 is 11.6 Å². The van der Waals surface area contributed by atoms with Gasteiger partial charge < -0.3 is 10.1 Å². The Morgan fingerprint density at radius 2 is 2.04 bits per heavy atom. The summed E-state index contributed by atoms with van der Waals surface area (Å²) in [4.78, 5) is 16.4. The van der Waals surface area contributed by atoms with E-state index in [9.17, 15) is 4.79 Å². The minimum absolute atomic E-state index is 0.235. The largest absolute Gasteiger partial charge is 0.480 e. The van der Waals surface area contributed by atoms with Crippen molar-refractivity contribution in [2.45, 2.75) is 39.2 Å². The maximum atomic E-state index is 12.5. The van der Waals surface area contributed by atoms with Crippen LogP contribution in [0.4, 0.5) is 5.69 Å². The van der Waals surface area contributed by atoms with Crippen molar-refractivity contribution < 1.29 is 9.53 Å². The molecular formula is C18H21ClN2O2. The second-order valence-electron chi connectivity index (χ2n) is 5.55. The Bertz CT molecular complexity index is 674. The molecule has 0 aliphatic carbocycles. The van der Waals surface area contributed by atoms with E-state index < -0.39 is 6.10 Å². The van der Waals surface area contributed by atoms with Gasteiger partial charge in [-0.2, -0.15) is 0 Å². The van der Waals surface area contributed by atoms with Crippen LogP contribution in [-0.2, 0) is 4.79 Å². The molecule has 0 spiro atoms. The zero-order chi connectivity index (χ0) is 16.8. The Hall–Kier alpha value is -2.07. The molecule has 2 rings (SSSR count). The number of benzene rings is 1. The number of ether oxygens (including phenoxy) is 1. The number of hydrogen-bond acceptors (Lipinski definition) is 3. The van der Waals surface area contributed by atoms with Gasteiger partial charge in [0.2, 0.25) is 0 Å². The van der Waals surface area contributed by atoms with E-state index in [1.807, 2.05) is 31.2 Å². The fraction of sp³-hybridized carbons (Fsp3) is 0.333. The lowest BCUT2D eigenvalue weighted by Gasteiger charge is -2.20. The van der Waals surface area contributed by atoms with Gasteiger partial charge in [-0.3, -0.25) is 9.78 Å². The molecule has 0 saturated carbocycles. The smallest absolute Gasteiger partial charge is 0.265 e. The number of nitrogens with one attached hydrogen (secondary N) is 1. The molecule has 1 heterocycles. The predicted molar refractivity (Wildman–Crippen MR) is 93.1 cm³/mol. The highest BCUT2D eigenvalue weighted by molar-refractivity contribution is 6.33. The van der Waals surface area contributed by atoms with E-state index in [-0.39, 0.29) is 5.91 Å². The summed E-state index contributed by atoms with van der Waals surface area (Å²) in [5, 5.41) is 3.22. The molecule has 1 atom stereocenters. The molecule has 0 bridgehead atoms. The number of anilines is 1. The molecule has 1 N–H and O–H groups in total. The van der Waals surface area contributed by atoms with E-state index in [0.717, 1.165) is 11.3 Å². The maximum absolute atomic E-state index is 12.5. The predicted octanol–water partition coefficient (Wildman–Crippen LogP) is 4.65. The molecule has 4 nitrogen and oxygen atoms in total. The Balaban J connectivity index is 2.14. The van der Waals surface area contributed by atoms with Crippen LogP contribution in [0.3, 0.4) is 0 Å². The molecule has 1 amide bonds. The van der Waals surface area contributed by atoms with E-state index in [4.69, 9.17) is 16.3 Å². The van der Waals surface area contributed by atoms with Crippen molar-refractivity contribution in [3.8, 4) is 5.75 Å². The molecule has 1 aromatic carbocycles. The van der Waals surface area contributed by atoms with Crippen LogP contribution in [0.25, 0.3) is 0 Å². The summed E-state index contributed by atoms with van der Waals surface area (Å²) in [7, 11) is 0. The van der Waals surface area contributed by atoms with Crippen molar-refractivity contribution in [3.63, 3.8) is 0 Å². The summed E-state index contributed by atoms with van der Waals surface area (Å²) >= 11 is 6.05. The molecule has 0 aliphatic heterocycles. The highest BCUT2D eigenvalue weighted by atomic mass is 35.5. The number of hydrogen-bond donors (Lipinski definition) is 1. The van der Waals surface area contributed by atoms with Gasteiger partial charge >= 0.3 is 0 Å². The van der Waals surface area contributed by atoms with Crippen LogP contribution in [0.1, 0.15) is 38.7 Å². The number of amides is 1. The second kappa shape index (κ2) is 7.97. The van der Waals surface area contributed by atoms with E-state index >= 15 is 0 Å². The van der Waals surface area contributed by atoms with Gasteiger partial charge in [0, 0.05) is 6.20 Å². The van der Waals surface area contributed by atoms with Crippen LogP contribution in [0, 0.1) is 0 Å². The van der Waals surface area contributed by atoms with Crippen molar-refractivity contribution in [3.05, 3.63) is 53.3 Å². The molecular weight excluding hydrogens is 312 g/mol. The highest BCUT2D eigenvalue weighted by Crippen LogP contribution is 2.27. The monoisotopic (exact) mass is 332 g/mol. The third-order valence-corrected chi connectivity index (χ3v) is 3.83. The number of rotatable bonds is 6. The Labute approximate surface area is 141 Å². The number of carbonyl (C=O) groups excluding carboxylic acids is 1. The van der Waals surface area contributed by atoms with Gasteiger partial charge in [-0.15, -0.1) is 0 Å². The van der Waals surface area contributed by atoms with Crippen LogP contribution in [0.5, 0.6) is 5.75 Å². The molecule has 1 aromatic heterocycles. The quantitative estimate of drug-likeness (QED) is 0.837. The zero-order valence-electron chi connectivity index (χ0n) is 13.5. The van der Waals surface area contributed by atoms with Crippen molar-refractivity contribution in [2.75, 3.05) is 5.32 Å². The summed E-state index contributed by atoms with van der Waals surface area (Å²) in [5.74, 6) is 0.822. The van der Waals surface area contributed by atoms with E-state index in [1.54, 1.807) is 12.3 Å². The molecule has 0 fully saturated rings.